The SMILES string of the molecule is CCC(C)C(=O)OC1N=C(N)NC(N)=N1. The minimum Gasteiger partial charge on any atom is -0.418 e. The molecule has 0 radical (unpaired) electrons. The van der Waals surface area contributed by atoms with Crippen LogP contribution in [-0.4, -0.2) is 24.2 Å². The Bertz CT molecular complexity index is 294. The standard InChI is InChI=1S/C8H15N5O2/c1-3-4(2)5(14)15-8-12-6(9)11-7(10)13-8/h4,8H,3H2,1-2H3,(H5,9,10,11,12,13). The van der Waals surface area contributed by atoms with Crippen molar-refractivity contribution in [2.45, 2.75) is 26.6 Å². The largest absolute Gasteiger partial charge is 0.418 e. The van der Waals surface area contributed by atoms with E-state index in [0.29, 0.717) is 6.42 Å². The summed E-state index contributed by atoms with van der Waals surface area (Å²) in [6.07, 6.45) is -0.268. The van der Waals surface area contributed by atoms with Gasteiger partial charge >= 0.3 is 5.97 Å². The van der Waals surface area contributed by atoms with Crippen molar-refractivity contribution in [2.75, 3.05) is 0 Å². The van der Waals surface area contributed by atoms with E-state index in [1.165, 1.54) is 0 Å². The van der Waals surface area contributed by atoms with E-state index in [1.807, 2.05) is 6.92 Å². The number of nitrogens with two attached hydrogens (primary N) is 2. The Kier molecular flexibility index (Phi) is 3.48. The van der Waals surface area contributed by atoms with E-state index in [4.69, 9.17) is 16.2 Å². The van der Waals surface area contributed by atoms with Gasteiger partial charge in [0.2, 0.25) is 11.9 Å². The number of carbonyl (C=O) groups is 1. The first-order chi connectivity index (χ1) is 7.02. The van der Waals surface area contributed by atoms with E-state index in [1.54, 1.807) is 6.92 Å². The third kappa shape index (κ3) is 3.12. The van der Waals surface area contributed by atoms with Gasteiger partial charge in [-0.05, 0) is 6.42 Å². The lowest BCUT2D eigenvalue weighted by atomic mass is 10.1. The molecule has 0 amide bonds. The number of aliphatic imine (C=N–C) groups is 2. The predicted octanol–water partition coefficient (Wildman–Crippen LogP) is -0.908. The first-order valence-corrected chi connectivity index (χ1v) is 4.67. The summed E-state index contributed by atoms with van der Waals surface area (Å²) in [5, 5.41) is 2.49. The maximum absolute atomic E-state index is 11.4. The lowest BCUT2D eigenvalue weighted by Gasteiger charge is -2.18. The minimum absolute atomic E-state index is 0.0875. The second kappa shape index (κ2) is 4.63. The third-order valence-electron chi connectivity index (χ3n) is 1.99. The zero-order valence-corrected chi connectivity index (χ0v) is 8.73. The Morgan fingerprint density at radius 2 is 2.07 bits per heavy atom. The summed E-state index contributed by atoms with van der Waals surface area (Å²) >= 11 is 0. The lowest BCUT2D eigenvalue weighted by Crippen LogP contribution is -2.46. The number of rotatable bonds is 3. The van der Waals surface area contributed by atoms with Crippen LogP contribution >= 0.6 is 0 Å². The Labute approximate surface area is 87.6 Å². The van der Waals surface area contributed by atoms with Crippen LogP contribution in [0.25, 0.3) is 0 Å². The molecule has 0 spiro atoms. The Balaban J connectivity index is 2.58. The molecule has 7 heteroatoms. The summed E-state index contributed by atoms with van der Waals surface area (Å²) in [6.45, 7) is 3.66. The smallest absolute Gasteiger partial charge is 0.312 e. The van der Waals surface area contributed by atoms with Gasteiger partial charge in [0.05, 0.1) is 5.92 Å². The molecular formula is C8H15N5O2. The zero-order valence-electron chi connectivity index (χ0n) is 8.73. The van der Waals surface area contributed by atoms with E-state index >= 15 is 0 Å². The molecule has 1 rings (SSSR count). The van der Waals surface area contributed by atoms with Crippen LogP contribution < -0.4 is 16.8 Å². The maximum Gasteiger partial charge on any atom is 0.312 e. The fraction of sp³-hybridized carbons (Fsp3) is 0.625. The second-order valence-electron chi connectivity index (χ2n) is 3.23. The fourth-order valence-corrected chi connectivity index (χ4v) is 0.902. The summed E-state index contributed by atoms with van der Waals surface area (Å²) in [5.41, 5.74) is 10.8. The molecule has 1 unspecified atom stereocenters. The number of nitrogens with one attached hydrogen (secondary N) is 1. The van der Waals surface area contributed by atoms with Crippen LogP contribution in [0.5, 0.6) is 0 Å². The maximum atomic E-state index is 11.4. The Hall–Kier alpha value is -1.79. The van der Waals surface area contributed by atoms with E-state index in [9.17, 15) is 4.79 Å². The van der Waals surface area contributed by atoms with Crippen LogP contribution in [0.15, 0.2) is 9.98 Å². The highest BCUT2D eigenvalue weighted by molar-refractivity contribution is 5.98. The molecule has 0 aromatic carbocycles. The van der Waals surface area contributed by atoms with Crippen molar-refractivity contribution in [3.05, 3.63) is 0 Å². The zero-order chi connectivity index (χ0) is 11.4. The quantitative estimate of drug-likeness (QED) is 0.525. The summed E-state index contributed by atoms with van der Waals surface area (Å²) in [5.74, 6) is -0.376. The van der Waals surface area contributed by atoms with Gasteiger partial charge in [-0.2, -0.15) is 9.98 Å². The number of ether oxygens (including phenoxy) is 1. The lowest BCUT2D eigenvalue weighted by molar-refractivity contribution is -0.152. The molecule has 0 fully saturated rings. The number of hydrogen-bond donors (Lipinski definition) is 3. The highest BCUT2D eigenvalue weighted by Gasteiger charge is 2.20. The fourth-order valence-electron chi connectivity index (χ4n) is 0.902. The van der Waals surface area contributed by atoms with Crippen LogP contribution in [0.2, 0.25) is 0 Å². The van der Waals surface area contributed by atoms with E-state index in [2.05, 4.69) is 15.3 Å². The molecule has 0 saturated heterocycles. The Morgan fingerprint density at radius 3 is 2.53 bits per heavy atom. The number of nitrogens with zero attached hydrogens (tertiary/aromatic N) is 2. The second-order valence-corrected chi connectivity index (χ2v) is 3.23. The van der Waals surface area contributed by atoms with Gasteiger partial charge in [0, 0.05) is 0 Å². The van der Waals surface area contributed by atoms with Crippen LogP contribution in [-0.2, 0) is 9.53 Å². The minimum atomic E-state index is -0.965. The monoisotopic (exact) mass is 213 g/mol. The van der Waals surface area contributed by atoms with Gasteiger partial charge in [0.25, 0.3) is 6.35 Å². The molecule has 1 aliphatic rings. The first-order valence-electron chi connectivity index (χ1n) is 4.67. The summed E-state index contributed by atoms with van der Waals surface area (Å²) in [4.78, 5) is 18.9. The normalized spacial score (nSPS) is 18.5. The highest BCUT2D eigenvalue weighted by Crippen LogP contribution is 2.08. The van der Waals surface area contributed by atoms with Gasteiger partial charge in [-0.1, -0.05) is 13.8 Å². The van der Waals surface area contributed by atoms with Gasteiger partial charge in [-0.15, -0.1) is 0 Å². The van der Waals surface area contributed by atoms with Gasteiger partial charge < -0.3 is 16.2 Å². The first kappa shape index (κ1) is 11.3. The molecule has 0 aromatic rings. The van der Waals surface area contributed by atoms with Crippen molar-refractivity contribution in [3.63, 3.8) is 0 Å². The topological polar surface area (TPSA) is 115 Å². The van der Waals surface area contributed by atoms with Crippen LogP contribution in [0, 0.1) is 5.92 Å². The number of guanidine groups is 2. The molecule has 7 nitrogen and oxygen atoms in total. The number of esters is 1. The van der Waals surface area contributed by atoms with E-state index in [-0.39, 0.29) is 23.8 Å². The molecule has 84 valence electrons. The molecule has 0 bridgehead atoms. The van der Waals surface area contributed by atoms with Gasteiger partial charge in [0.15, 0.2) is 0 Å². The Morgan fingerprint density at radius 1 is 1.53 bits per heavy atom. The highest BCUT2D eigenvalue weighted by atomic mass is 16.6. The summed E-state index contributed by atoms with van der Waals surface area (Å²) in [6, 6.07) is 0. The predicted molar refractivity (Wildman–Crippen MR) is 55.7 cm³/mol. The van der Waals surface area contributed by atoms with Crippen molar-refractivity contribution >= 4 is 17.9 Å². The van der Waals surface area contributed by atoms with Gasteiger partial charge in [-0.25, -0.2) is 0 Å². The molecule has 1 heterocycles. The van der Waals surface area contributed by atoms with Crippen molar-refractivity contribution in [1.29, 1.82) is 0 Å². The van der Waals surface area contributed by atoms with Gasteiger partial charge in [0.1, 0.15) is 0 Å². The molecular weight excluding hydrogens is 198 g/mol. The van der Waals surface area contributed by atoms with Crippen LogP contribution in [0.4, 0.5) is 0 Å². The van der Waals surface area contributed by atoms with Crippen molar-refractivity contribution in [1.82, 2.24) is 5.32 Å². The van der Waals surface area contributed by atoms with Crippen molar-refractivity contribution < 1.29 is 9.53 Å². The third-order valence-corrected chi connectivity index (χ3v) is 1.99. The van der Waals surface area contributed by atoms with Crippen molar-refractivity contribution in [3.8, 4) is 0 Å². The molecule has 0 saturated carbocycles. The number of hydrogen-bond acceptors (Lipinski definition) is 7. The van der Waals surface area contributed by atoms with E-state index in [0.717, 1.165) is 0 Å². The van der Waals surface area contributed by atoms with Crippen molar-refractivity contribution in [2.24, 2.45) is 27.4 Å². The average Bonchev–Trinajstić information content (AvgIpc) is 2.14. The molecule has 0 aromatic heterocycles. The van der Waals surface area contributed by atoms with E-state index < -0.39 is 6.35 Å². The molecule has 5 N–H and O–H groups in total. The van der Waals surface area contributed by atoms with Gasteiger partial charge in [-0.3, -0.25) is 10.1 Å². The van der Waals surface area contributed by atoms with Crippen LogP contribution in [0.3, 0.4) is 0 Å². The molecule has 0 aliphatic carbocycles. The summed E-state index contributed by atoms with van der Waals surface area (Å²) < 4.78 is 4.97. The molecule has 15 heavy (non-hydrogen) atoms. The molecule has 1 aliphatic heterocycles. The average molecular weight is 213 g/mol. The number of carbonyl (C=O) groups excluding carboxylic acids is 1. The molecule has 1 atom stereocenters. The summed E-state index contributed by atoms with van der Waals surface area (Å²) in [7, 11) is 0. The van der Waals surface area contributed by atoms with Crippen LogP contribution in [0.1, 0.15) is 20.3 Å².